The van der Waals surface area contributed by atoms with E-state index in [0.717, 1.165) is 34.7 Å². The van der Waals surface area contributed by atoms with Crippen molar-refractivity contribution in [2.24, 2.45) is 0 Å². The van der Waals surface area contributed by atoms with Crippen molar-refractivity contribution in [3.05, 3.63) is 120 Å². The van der Waals surface area contributed by atoms with E-state index in [0.29, 0.717) is 9.79 Å². The van der Waals surface area contributed by atoms with Crippen LogP contribution in [0.15, 0.2) is 123 Å². The Morgan fingerprint density at radius 3 is 1.29 bits per heavy atom. The minimum atomic E-state index is -4.45. The monoisotopic (exact) mass is 570 g/mol. The van der Waals surface area contributed by atoms with Crippen LogP contribution in [0, 0.1) is 6.92 Å². The zero-order chi connectivity index (χ0) is 28.1. The van der Waals surface area contributed by atoms with Gasteiger partial charge in [0.2, 0.25) is 0 Å². The summed E-state index contributed by atoms with van der Waals surface area (Å²) in [5, 5.41) is 0. The van der Waals surface area contributed by atoms with Crippen LogP contribution in [0.3, 0.4) is 0 Å². The van der Waals surface area contributed by atoms with Crippen molar-refractivity contribution in [1.82, 2.24) is 0 Å². The van der Waals surface area contributed by atoms with Crippen LogP contribution in [-0.4, -0.2) is 13.0 Å². The first-order chi connectivity index (χ1) is 17.7. The molecule has 0 saturated heterocycles. The van der Waals surface area contributed by atoms with E-state index in [1.54, 1.807) is 42.5 Å². The Kier molecular flexibility index (Phi) is 8.96. The van der Waals surface area contributed by atoms with Gasteiger partial charge in [0, 0.05) is 0 Å². The fourth-order valence-electron chi connectivity index (χ4n) is 3.23. The Morgan fingerprint density at radius 2 is 0.947 bits per heavy atom. The van der Waals surface area contributed by atoms with E-state index in [9.17, 15) is 39.3 Å². The summed E-state index contributed by atoms with van der Waals surface area (Å²) < 4.78 is 108. The smallest absolute Gasteiger partial charge is 0.416 e. The number of hydrogen-bond acceptors (Lipinski definition) is 3. The minimum Gasteiger partial charge on any atom is -0.744 e. The molecule has 0 fully saturated rings. The van der Waals surface area contributed by atoms with Crippen LogP contribution in [0.4, 0.5) is 26.3 Å². The summed E-state index contributed by atoms with van der Waals surface area (Å²) in [6.45, 7) is 1.82. The second-order valence-corrected chi connectivity index (χ2v) is 11.3. The van der Waals surface area contributed by atoms with E-state index in [2.05, 4.69) is 0 Å². The Bertz CT molecular complexity index is 1380. The van der Waals surface area contributed by atoms with E-state index in [-0.39, 0.29) is 4.90 Å². The average molecular weight is 571 g/mol. The lowest BCUT2D eigenvalue weighted by atomic mass is 10.2. The molecule has 0 aliphatic rings. The van der Waals surface area contributed by atoms with Gasteiger partial charge in [0.15, 0.2) is 14.7 Å². The molecule has 0 saturated carbocycles. The summed E-state index contributed by atoms with van der Waals surface area (Å²) in [6, 6.07) is 24.2. The lowest BCUT2D eigenvalue weighted by molar-refractivity contribution is -0.138. The van der Waals surface area contributed by atoms with Crippen molar-refractivity contribution in [2.45, 2.75) is 38.9 Å². The molecule has 11 heteroatoms. The average Bonchev–Trinajstić information content (AvgIpc) is 2.85. The molecular formula is C27H20F6O3S2. The zero-order valence-electron chi connectivity index (χ0n) is 19.6. The van der Waals surface area contributed by atoms with E-state index < -0.39 is 44.5 Å². The molecule has 3 nitrogen and oxygen atoms in total. The Hall–Kier alpha value is -3.28. The normalized spacial score (nSPS) is 12.1. The third kappa shape index (κ3) is 7.86. The maximum absolute atomic E-state index is 12.8. The van der Waals surface area contributed by atoms with Crippen LogP contribution in [0.1, 0.15) is 16.7 Å². The lowest BCUT2D eigenvalue weighted by Crippen LogP contribution is -2.09. The van der Waals surface area contributed by atoms with Crippen LogP contribution in [0.25, 0.3) is 0 Å². The first kappa shape index (κ1) is 29.3. The van der Waals surface area contributed by atoms with Crippen molar-refractivity contribution in [2.75, 3.05) is 0 Å². The molecule has 0 atom stereocenters. The van der Waals surface area contributed by atoms with Gasteiger partial charge in [-0.05, 0) is 79.7 Å². The van der Waals surface area contributed by atoms with Crippen molar-refractivity contribution in [3.8, 4) is 0 Å². The number of alkyl halides is 6. The van der Waals surface area contributed by atoms with Gasteiger partial charge >= 0.3 is 12.4 Å². The van der Waals surface area contributed by atoms with Crippen molar-refractivity contribution in [3.63, 3.8) is 0 Å². The van der Waals surface area contributed by atoms with Gasteiger partial charge in [-0.25, -0.2) is 8.42 Å². The Morgan fingerprint density at radius 1 is 0.579 bits per heavy atom. The molecule has 0 bridgehead atoms. The van der Waals surface area contributed by atoms with Crippen LogP contribution < -0.4 is 0 Å². The highest BCUT2D eigenvalue weighted by atomic mass is 32.2. The Labute approximate surface area is 218 Å². The molecule has 0 aromatic heterocycles. The summed E-state index contributed by atoms with van der Waals surface area (Å²) in [7, 11) is -5.09. The molecule has 0 aliphatic carbocycles. The summed E-state index contributed by atoms with van der Waals surface area (Å²) in [6.07, 6.45) is -8.89. The molecular weight excluding hydrogens is 550 g/mol. The van der Waals surface area contributed by atoms with Gasteiger partial charge in [0.1, 0.15) is 10.1 Å². The van der Waals surface area contributed by atoms with Crippen molar-refractivity contribution < 1.29 is 39.3 Å². The highest BCUT2D eigenvalue weighted by molar-refractivity contribution is 7.97. The fraction of sp³-hybridized carbons (Fsp3) is 0.111. The van der Waals surface area contributed by atoms with Crippen LogP contribution in [0.5, 0.6) is 0 Å². The van der Waals surface area contributed by atoms with Crippen LogP contribution in [-0.2, 0) is 33.4 Å². The second kappa shape index (κ2) is 11.6. The third-order valence-electron chi connectivity index (χ3n) is 5.12. The lowest BCUT2D eigenvalue weighted by Gasteiger charge is -2.11. The molecule has 0 spiro atoms. The SMILES string of the molecule is Cc1ccc(S(=O)(=O)[O-])cc1.FC(F)(F)c1ccc([S+](c2ccccc2)c2ccc(C(F)(F)F)cc2)cc1. The quantitative estimate of drug-likeness (QED) is 0.143. The molecule has 0 aliphatic heterocycles. The highest BCUT2D eigenvalue weighted by Gasteiger charge is 2.35. The van der Waals surface area contributed by atoms with Gasteiger partial charge in [-0.15, -0.1) is 0 Å². The molecule has 0 amide bonds. The molecule has 0 N–H and O–H groups in total. The van der Waals surface area contributed by atoms with Gasteiger partial charge in [-0.3, -0.25) is 0 Å². The fourth-order valence-corrected chi connectivity index (χ4v) is 5.76. The van der Waals surface area contributed by atoms with Gasteiger partial charge in [0.05, 0.1) is 26.9 Å². The van der Waals surface area contributed by atoms with Gasteiger partial charge in [-0.2, -0.15) is 26.3 Å². The third-order valence-corrected chi connectivity index (χ3v) is 8.20. The zero-order valence-corrected chi connectivity index (χ0v) is 21.3. The first-order valence-electron chi connectivity index (χ1n) is 10.8. The maximum Gasteiger partial charge on any atom is 0.416 e. The van der Waals surface area contributed by atoms with E-state index >= 15 is 0 Å². The summed E-state index contributed by atoms with van der Waals surface area (Å²) in [5.74, 6) is 0. The summed E-state index contributed by atoms with van der Waals surface area (Å²) >= 11 is 0. The summed E-state index contributed by atoms with van der Waals surface area (Å²) in [5.41, 5.74) is -0.608. The maximum atomic E-state index is 12.8. The Balaban J connectivity index is 0.000000304. The van der Waals surface area contributed by atoms with Crippen molar-refractivity contribution >= 4 is 21.0 Å². The van der Waals surface area contributed by atoms with Crippen LogP contribution in [0.2, 0.25) is 0 Å². The molecule has 0 unspecified atom stereocenters. The van der Waals surface area contributed by atoms with Crippen LogP contribution >= 0.6 is 0 Å². The first-order valence-corrected chi connectivity index (χ1v) is 13.5. The predicted molar refractivity (Wildman–Crippen MR) is 131 cm³/mol. The molecule has 4 aromatic rings. The van der Waals surface area contributed by atoms with E-state index in [1.165, 1.54) is 36.4 Å². The van der Waals surface area contributed by atoms with Gasteiger partial charge in [-0.1, -0.05) is 35.9 Å². The molecule has 38 heavy (non-hydrogen) atoms. The minimum absolute atomic E-state index is 0.178. The molecule has 0 heterocycles. The van der Waals surface area contributed by atoms with E-state index in [1.807, 2.05) is 6.92 Å². The molecule has 0 radical (unpaired) electrons. The predicted octanol–water partition coefficient (Wildman–Crippen LogP) is 7.72. The van der Waals surface area contributed by atoms with Gasteiger partial charge in [0.25, 0.3) is 0 Å². The molecule has 200 valence electrons. The largest absolute Gasteiger partial charge is 0.744 e. The standard InChI is InChI=1S/C20H13F6S.C7H8O3S/c21-19(22,23)14-6-10-17(11-7-14)27(16-4-2-1-3-5-16)18-12-8-15(9-13-18)20(24,25)26;1-6-2-4-7(5-3-6)11(8,9)10/h1-13H;2-5H,1H3,(H,8,9,10)/q+1;/p-1. The summed E-state index contributed by atoms with van der Waals surface area (Å²) in [4.78, 5) is 1.81. The van der Waals surface area contributed by atoms with E-state index in [4.69, 9.17) is 0 Å². The number of rotatable bonds is 4. The molecule has 4 aromatic carbocycles. The number of hydrogen-bond donors (Lipinski definition) is 0. The van der Waals surface area contributed by atoms with Gasteiger partial charge < -0.3 is 4.55 Å². The molecule has 4 rings (SSSR count). The highest BCUT2D eigenvalue weighted by Crippen LogP contribution is 2.36. The number of halogens is 6. The number of aryl methyl sites for hydroxylation is 1. The van der Waals surface area contributed by atoms with Crippen molar-refractivity contribution in [1.29, 1.82) is 0 Å². The second-order valence-electron chi connectivity index (χ2n) is 7.93. The number of benzene rings is 4. The topological polar surface area (TPSA) is 57.2 Å².